The Kier molecular flexibility index (Phi) is 9.14. The number of carbonyl (C=O) groups is 2. The Morgan fingerprint density at radius 3 is 2.24 bits per heavy atom. The molecular formula is C22H30N3O4+. The third kappa shape index (κ3) is 7.93. The average molecular weight is 400 g/mol. The second-order valence-corrected chi connectivity index (χ2v) is 6.85. The highest BCUT2D eigenvalue weighted by Crippen LogP contribution is 2.22. The van der Waals surface area contributed by atoms with Crippen LogP contribution in [0.1, 0.15) is 20.3 Å². The van der Waals surface area contributed by atoms with Crippen LogP contribution in [0.15, 0.2) is 54.6 Å². The van der Waals surface area contributed by atoms with E-state index in [0.717, 1.165) is 25.4 Å². The van der Waals surface area contributed by atoms with Gasteiger partial charge in [-0.3, -0.25) is 4.79 Å². The van der Waals surface area contributed by atoms with Crippen molar-refractivity contribution in [2.75, 3.05) is 31.5 Å². The smallest absolute Gasteiger partial charge is 0.230 e. The number of quaternary nitrogens is 2. The number of hydrogen-bond acceptors (Lipinski definition) is 4. The number of para-hydroxylation sites is 1. The summed E-state index contributed by atoms with van der Waals surface area (Å²) in [6, 6.07) is 15.4. The minimum absolute atomic E-state index is 0.141. The number of ether oxygens (including phenoxy) is 1. The van der Waals surface area contributed by atoms with Crippen molar-refractivity contribution in [3.05, 3.63) is 54.6 Å². The Hall–Kier alpha value is -2.90. The van der Waals surface area contributed by atoms with E-state index in [1.807, 2.05) is 30.3 Å². The summed E-state index contributed by atoms with van der Waals surface area (Å²) in [6.07, 6.45) is -0.141. The zero-order chi connectivity index (χ0) is 21.1. The van der Waals surface area contributed by atoms with E-state index in [1.165, 1.54) is 4.90 Å². The molecule has 0 heterocycles. The fraction of sp³-hybridized carbons (Fsp3) is 0.364. The molecule has 7 heteroatoms. The van der Waals surface area contributed by atoms with Crippen LogP contribution in [0.3, 0.4) is 0 Å². The molecule has 2 rings (SSSR count). The maximum Gasteiger partial charge on any atom is 0.230 e. The van der Waals surface area contributed by atoms with Crippen LogP contribution in [0.5, 0.6) is 11.5 Å². The monoisotopic (exact) mass is 400 g/mol. The quantitative estimate of drug-likeness (QED) is 0.444. The molecule has 0 bridgehead atoms. The number of hydrogen-bond donors (Lipinski definition) is 3. The van der Waals surface area contributed by atoms with Crippen molar-refractivity contribution in [2.45, 2.75) is 26.3 Å². The number of carboxylic acid groups (broad SMARTS) is 1. The first-order chi connectivity index (χ1) is 14.0. The second kappa shape index (κ2) is 11.8. The molecule has 0 aliphatic heterocycles. The van der Waals surface area contributed by atoms with Crippen LogP contribution < -0.4 is 25.4 Å². The van der Waals surface area contributed by atoms with Gasteiger partial charge in [-0.15, -0.1) is 0 Å². The largest absolute Gasteiger partial charge is 0.544 e. The summed E-state index contributed by atoms with van der Waals surface area (Å²) in [5, 5.41) is 15.8. The third-order valence-corrected chi connectivity index (χ3v) is 4.77. The van der Waals surface area contributed by atoms with Crippen LogP contribution in [0.4, 0.5) is 5.69 Å². The normalized spacial score (nSPS) is 11.8. The van der Waals surface area contributed by atoms with Crippen LogP contribution in [-0.2, 0) is 9.59 Å². The summed E-state index contributed by atoms with van der Waals surface area (Å²) in [7, 11) is 0. The molecule has 2 aromatic rings. The molecule has 0 radical (unpaired) electrons. The lowest BCUT2D eigenvalue weighted by Gasteiger charge is -2.19. The van der Waals surface area contributed by atoms with E-state index < -0.39 is 12.0 Å². The zero-order valence-corrected chi connectivity index (χ0v) is 17.0. The van der Waals surface area contributed by atoms with Gasteiger partial charge in [0.1, 0.15) is 30.6 Å². The first kappa shape index (κ1) is 22.4. The van der Waals surface area contributed by atoms with Crippen LogP contribution in [0.25, 0.3) is 0 Å². The van der Waals surface area contributed by atoms with E-state index in [9.17, 15) is 14.7 Å². The van der Waals surface area contributed by atoms with E-state index in [2.05, 4.69) is 19.2 Å². The fourth-order valence-corrected chi connectivity index (χ4v) is 3.00. The summed E-state index contributed by atoms with van der Waals surface area (Å²) < 4.78 is 5.71. The van der Waals surface area contributed by atoms with Crippen molar-refractivity contribution >= 4 is 17.6 Å². The predicted octanol–water partition coefficient (Wildman–Crippen LogP) is -0.586. The molecule has 7 nitrogen and oxygen atoms in total. The molecular weight excluding hydrogens is 370 g/mol. The number of benzene rings is 2. The van der Waals surface area contributed by atoms with Gasteiger partial charge < -0.3 is 30.2 Å². The summed E-state index contributed by atoms with van der Waals surface area (Å²) in [5.41, 5.74) is 0.583. The zero-order valence-electron chi connectivity index (χ0n) is 17.0. The van der Waals surface area contributed by atoms with Crippen LogP contribution in [-0.4, -0.2) is 44.1 Å². The van der Waals surface area contributed by atoms with Crippen LogP contribution in [0.2, 0.25) is 0 Å². The van der Waals surface area contributed by atoms with E-state index in [1.54, 1.807) is 29.6 Å². The molecule has 1 atom stereocenters. The molecule has 0 saturated heterocycles. The summed E-state index contributed by atoms with van der Waals surface area (Å²) in [6.45, 7) is 7.66. The molecule has 0 fully saturated rings. The Balaban J connectivity index is 1.83. The molecule has 29 heavy (non-hydrogen) atoms. The number of carboxylic acids is 1. The van der Waals surface area contributed by atoms with Crippen LogP contribution >= 0.6 is 0 Å². The highest BCUT2D eigenvalue weighted by Gasteiger charge is 2.19. The summed E-state index contributed by atoms with van der Waals surface area (Å²) in [4.78, 5) is 25.0. The van der Waals surface area contributed by atoms with Crippen molar-refractivity contribution in [1.82, 2.24) is 0 Å². The fourth-order valence-electron chi connectivity index (χ4n) is 3.00. The van der Waals surface area contributed by atoms with Gasteiger partial charge in [0, 0.05) is 5.69 Å². The Labute approximate surface area is 171 Å². The summed E-state index contributed by atoms with van der Waals surface area (Å²) in [5.74, 6) is -0.208. The second-order valence-electron chi connectivity index (χ2n) is 6.85. The van der Waals surface area contributed by atoms with E-state index in [0.29, 0.717) is 18.0 Å². The Morgan fingerprint density at radius 2 is 1.66 bits per heavy atom. The molecule has 2 aromatic carbocycles. The van der Waals surface area contributed by atoms with Gasteiger partial charge in [0.25, 0.3) is 0 Å². The maximum atomic E-state index is 12.3. The molecule has 0 aliphatic carbocycles. The van der Waals surface area contributed by atoms with E-state index in [-0.39, 0.29) is 12.3 Å². The van der Waals surface area contributed by atoms with Crippen molar-refractivity contribution in [3.8, 4) is 11.5 Å². The van der Waals surface area contributed by atoms with E-state index >= 15 is 0 Å². The van der Waals surface area contributed by atoms with Gasteiger partial charge in [-0.1, -0.05) is 18.2 Å². The predicted molar refractivity (Wildman–Crippen MR) is 109 cm³/mol. The number of aliphatic carboxylic acids is 1. The van der Waals surface area contributed by atoms with Gasteiger partial charge in [-0.05, 0) is 50.2 Å². The lowest BCUT2D eigenvalue weighted by atomic mass is 10.2. The van der Waals surface area contributed by atoms with Crippen molar-refractivity contribution in [2.24, 2.45) is 0 Å². The van der Waals surface area contributed by atoms with Crippen LogP contribution in [0, 0.1) is 0 Å². The number of nitrogens with one attached hydrogen (secondary N) is 2. The van der Waals surface area contributed by atoms with Crippen molar-refractivity contribution in [3.63, 3.8) is 0 Å². The molecule has 0 aliphatic rings. The first-order valence-electron chi connectivity index (χ1n) is 10.0. The topological polar surface area (TPSA) is 99.5 Å². The number of likely N-dealkylation sites (N-methyl/N-ethyl adjacent to an activating group) is 1. The average Bonchev–Trinajstić information content (AvgIpc) is 2.72. The van der Waals surface area contributed by atoms with Gasteiger partial charge in [0.05, 0.1) is 25.5 Å². The van der Waals surface area contributed by atoms with Gasteiger partial charge in [-0.2, -0.15) is 0 Å². The maximum absolute atomic E-state index is 12.3. The standard InChI is InChI=1S/C22H29N3O4/c1-3-25(4-2)15-14-23-20(22(27)28)16-21(26)24-17-10-12-19(13-11-17)29-18-8-6-5-7-9-18/h5-13,20,23H,3-4,14-16H2,1-2H3,(H,24,26)(H,27,28)/p+1/t20-/m1/s1. The summed E-state index contributed by atoms with van der Waals surface area (Å²) >= 11 is 0. The molecule has 0 aromatic heterocycles. The highest BCUT2D eigenvalue weighted by molar-refractivity contribution is 5.93. The van der Waals surface area contributed by atoms with E-state index in [4.69, 9.17) is 4.74 Å². The minimum atomic E-state index is -1.22. The number of carbonyl (C=O) groups excluding carboxylic acids is 2. The number of rotatable bonds is 12. The minimum Gasteiger partial charge on any atom is -0.544 e. The number of amides is 1. The number of anilines is 1. The Bertz CT molecular complexity index is 761. The molecule has 4 N–H and O–H groups in total. The molecule has 0 unspecified atom stereocenters. The van der Waals surface area contributed by atoms with Crippen molar-refractivity contribution < 1.29 is 29.6 Å². The molecule has 1 amide bonds. The van der Waals surface area contributed by atoms with Crippen molar-refractivity contribution in [1.29, 1.82) is 0 Å². The van der Waals surface area contributed by atoms with Gasteiger partial charge in [0.15, 0.2) is 0 Å². The molecule has 156 valence electrons. The molecule has 0 saturated carbocycles. The third-order valence-electron chi connectivity index (χ3n) is 4.77. The molecule has 0 spiro atoms. The van der Waals surface area contributed by atoms with Gasteiger partial charge in [-0.25, -0.2) is 0 Å². The number of nitrogens with two attached hydrogens (primary N) is 1. The lowest BCUT2D eigenvalue weighted by molar-refractivity contribution is -0.910. The first-order valence-corrected chi connectivity index (χ1v) is 10.0. The lowest BCUT2D eigenvalue weighted by Crippen LogP contribution is -3.14. The van der Waals surface area contributed by atoms with Gasteiger partial charge in [0.2, 0.25) is 5.91 Å². The highest BCUT2D eigenvalue weighted by atomic mass is 16.5. The van der Waals surface area contributed by atoms with Gasteiger partial charge >= 0.3 is 0 Å². The Morgan fingerprint density at radius 1 is 1.03 bits per heavy atom. The SMILES string of the molecule is CC[NH+](CC)CC[NH2+][C@H](CC(=O)Nc1ccc(Oc2ccccc2)cc1)C(=O)[O-].